The highest BCUT2D eigenvalue weighted by Gasteiger charge is 2.32. The summed E-state index contributed by atoms with van der Waals surface area (Å²) in [6.07, 6.45) is 1.64. The zero-order valence-corrected chi connectivity index (χ0v) is 11.2. The van der Waals surface area contributed by atoms with Crippen LogP contribution in [0.15, 0.2) is 24.3 Å². The first-order chi connectivity index (χ1) is 7.90. The first-order valence-corrected chi connectivity index (χ1v) is 6.23. The second-order valence-corrected chi connectivity index (χ2v) is 5.29. The first kappa shape index (κ1) is 13.8. The Bertz CT molecular complexity index is 378. The van der Waals surface area contributed by atoms with E-state index in [1.165, 1.54) is 5.56 Å². The number of aliphatic carboxylic acids is 1. The summed E-state index contributed by atoms with van der Waals surface area (Å²) in [4.78, 5) is 11.3. The molecule has 0 saturated heterocycles. The maximum Gasteiger partial charge on any atom is 0.313 e. The summed E-state index contributed by atoms with van der Waals surface area (Å²) in [7, 11) is 0. The largest absolute Gasteiger partial charge is 0.481 e. The second-order valence-electron chi connectivity index (χ2n) is 5.29. The lowest BCUT2D eigenvalue weighted by Gasteiger charge is -2.23. The van der Waals surface area contributed by atoms with Crippen LogP contribution in [0.4, 0.5) is 0 Å². The van der Waals surface area contributed by atoms with Gasteiger partial charge in [0.05, 0.1) is 5.41 Å². The zero-order valence-electron chi connectivity index (χ0n) is 11.2. The monoisotopic (exact) mass is 234 g/mol. The molecule has 1 N–H and O–H groups in total. The van der Waals surface area contributed by atoms with Crippen molar-refractivity contribution < 1.29 is 9.90 Å². The molecular weight excluding hydrogens is 212 g/mol. The highest BCUT2D eigenvalue weighted by molar-refractivity contribution is 5.80. The fraction of sp³-hybridized carbons (Fsp3) is 0.533. The molecule has 0 aliphatic heterocycles. The highest BCUT2D eigenvalue weighted by atomic mass is 16.4. The summed E-state index contributed by atoms with van der Waals surface area (Å²) in [5.41, 5.74) is 1.39. The van der Waals surface area contributed by atoms with Gasteiger partial charge in [0, 0.05) is 0 Å². The molecule has 0 saturated carbocycles. The average Bonchev–Trinajstić information content (AvgIpc) is 2.28. The van der Waals surface area contributed by atoms with Gasteiger partial charge in [0.15, 0.2) is 0 Å². The number of carboxylic acids is 1. The topological polar surface area (TPSA) is 37.3 Å². The van der Waals surface area contributed by atoms with Gasteiger partial charge in [-0.3, -0.25) is 4.79 Å². The molecule has 0 fully saturated rings. The van der Waals surface area contributed by atoms with Crippen molar-refractivity contribution in [2.45, 2.75) is 46.0 Å². The van der Waals surface area contributed by atoms with E-state index in [-0.39, 0.29) is 0 Å². The Morgan fingerprint density at radius 1 is 1.29 bits per heavy atom. The number of rotatable bonds is 5. The molecule has 0 radical (unpaired) electrons. The van der Waals surface area contributed by atoms with Gasteiger partial charge in [0.2, 0.25) is 0 Å². The van der Waals surface area contributed by atoms with E-state index in [2.05, 4.69) is 13.8 Å². The molecule has 1 rings (SSSR count). The van der Waals surface area contributed by atoms with Crippen molar-refractivity contribution >= 4 is 5.97 Å². The van der Waals surface area contributed by atoms with Crippen molar-refractivity contribution in [3.05, 3.63) is 35.4 Å². The summed E-state index contributed by atoms with van der Waals surface area (Å²) >= 11 is 0. The number of carboxylic acid groups (broad SMARTS) is 1. The van der Waals surface area contributed by atoms with Crippen molar-refractivity contribution in [2.75, 3.05) is 0 Å². The van der Waals surface area contributed by atoms with Gasteiger partial charge in [-0.25, -0.2) is 0 Å². The Morgan fingerprint density at radius 3 is 2.18 bits per heavy atom. The van der Waals surface area contributed by atoms with E-state index in [0.29, 0.717) is 12.3 Å². The molecule has 1 unspecified atom stereocenters. The molecule has 0 aliphatic rings. The highest BCUT2D eigenvalue weighted by Crippen LogP contribution is 2.28. The molecule has 0 spiro atoms. The first-order valence-electron chi connectivity index (χ1n) is 6.23. The maximum absolute atomic E-state index is 11.3. The van der Waals surface area contributed by atoms with E-state index < -0.39 is 11.4 Å². The smallest absolute Gasteiger partial charge is 0.313 e. The van der Waals surface area contributed by atoms with Gasteiger partial charge in [0.1, 0.15) is 0 Å². The molecule has 0 aromatic heterocycles. The van der Waals surface area contributed by atoms with Crippen LogP contribution in [0.1, 0.15) is 45.2 Å². The molecule has 0 aliphatic carbocycles. The molecular formula is C15H22O2. The summed E-state index contributed by atoms with van der Waals surface area (Å²) in [5, 5.41) is 9.30. The molecule has 1 aromatic rings. The van der Waals surface area contributed by atoms with Gasteiger partial charge in [-0.15, -0.1) is 0 Å². The minimum atomic E-state index is -0.767. The molecule has 2 heteroatoms. The van der Waals surface area contributed by atoms with Crippen LogP contribution >= 0.6 is 0 Å². The zero-order chi connectivity index (χ0) is 13.1. The third-order valence-corrected chi connectivity index (χ3v) is 3.41. The van der Waals surface area contributed by atoms with E-state index in [1.54, 1.807) is 6.92 Å². The molecule has 1 atom stereocenters. The fourth-order valence-electron chi connectivity index (χ4n) is 1.96. The number of carbonyl (C=O) groups is 1. The molecule has 1 aromatic carbocycles. The van der Waals surface area contributed by atoms with Gasteiger partial charge in [0.25, 0.3) is 0 Å². The van der Waals surface area contributed by atoms with Crippen LogP contribution in [0.25, 0.3) is 0 Å². The quantitative estimate of drug-likeness (QED) is 0.844. The summed E-state index contributed by atoms with van der Waals surface area (Å²) in [6.45, 7) is 8.06. The average molecular weight is 234 g/mol. The number of hydrogen-bond donors (Lipinski definition) is 1. The van der Waals surface area contributed by atoms with Gasteiger partial charge < -0.3 is 5.11 Å². The lowest BCUT2D eigenvalue weighted by atomic mass is 9.80. The van der Waals surface area contributed by atoms with Gasteiger partial charge in [-0.1, -0.05) is 45.0 Å². The predicted octanol–water partition coefficient (Wildman–Crippen LogP) is 3.64. The molecule has 2 nitrogen and oxygen atoms in total. The molecule has 0 heterocycles. The normalized spacial score (nSPS) is 14.6. The van der Waals surface area contributed by atoms with E-state index in [9.17, 15) is 9.90 Å². The lowest BCUT2D eigenvalue weighted by Crippen LogP contribution is -2.31. The third kappa shape index (κ3) is 3.09. The summed E-state index contributed by atoms with van der Waals surface area (Å²) < 4.78 is 0. The van der Waals surface area contributed by atoms with Crippen LogP contribution in [0.3, 0.4) is 0 Å². The van der Waals surface area contributed by atoms with E-state index in [4.69, 9.17) is 0 Å². The SMILES string of the molecule is CCC(C)(C(=O)O)c1ccc(CC(C)C)cc1. The lowest BCUT2D eigenvalue weighted by molar-refractivity contribution is -0.143. The predicted molar refractivity (Wildman–Crippen MR) is 70.3 cm³/mol. The summed E-state index contributed by atoms with van der Waals surface area (Å²) in [5.74, 6) is -0.130. The fourth-order valence-corrected chi connectivity index (χ4v) is 1.96. The standard InChI is InChI=1S/C15H22O2/c1-5-15(4,14(16)17)13-8-6-12(7-9-13)10-11(2)3/h6-9,11H,5,10H2,1-4H3,(H,16,17). The Kier molecular flexibility index (Phi) is 4.33. The number of benzene rings is 1. The van der Waals surface area contributed by atoms with Crippen LogP contribution in [0.2, 0.25) is 0 Å². The van der Waals surface area contributed by atoms with Crippen LogP contribution in [-0.4, -0.2) is 11.1 Å². The van der Waals surface area contributed by atoms with E-state index in [1.807, 2.05) is 31.2 Å². The Balaban J connectivity index is 2.97. The van der Waals surface area contributed by atoms with Crippen molar-refractivity contribution in [3.8, 4) is 0 Å². The van der Waals surface area contributed by atoms with Crippen LogP contribution < -0.4 is 0 Å². The van der Waals surface area contributed by atoms with Crippen LogP contribution in [-0.2, 0) is 16.6 Å². The molecule has 0 amide bonds. The molecule has 0 bridgehead atoms. The van der Waals surface area contributed by atoms with E-state index >= 15 is 0 Å². The third-order valence-electron chi connectivity index (χ3n) is 3.41. The van der Waals surface area contributed by atoms with Gasteiger partial charge >= 0.3 is 5.97 Å². The minimum Gasteiger partial charge on any atom is -0.481 e. The van der Waals surface area contributed by atoms with Gasteiger partial charge in [-0.2, -0.15) is 0 Å². The van der Waals surface area contributed by atoms with Crippen LogP contribution in [0.5, 0.6) is 0 Å². The Labute approximate surface area is 104 Å². The Hall–Kier alpha value is -1.31. The minimum absolute atomic E-state index is 0.603. The number of hydrogen-bond acceptors (Lipinski definition) is 1. The molecule has 94 valence electrons. The Morgan fingerprint density at radius 2 is 1.82 bits per heavy atom. The van der Waals surface area contributed by atoms with E-state index in [0.717, 1.165) is 12.0 Å². The maximum atomic E-state index is 11.3. The van der Waals surface area contributed by atoms with Crippen molar-refractivity contribution in [2.24, 2.45) is 5.92 Å². The second kappa shape index (κ2) is 5.35. The van der Waals surface area contributed by atoms with Crippen LogP contribution in [0, 0.1) is 5.92 Å². The van der Waals surface area contributed by atoms with Crippen molar-refractivity contribution in [1.82, 2.24) is 0 Å². The van der Waals surface area contributed by atoms with Gasteiger partial charge in [-0.05, 0) is 36.8 Å². The van der Waals surface area contributed by atoms with Crippen molar-refractivity contribution in [3.63, 3.8) is 0 Å². The molecule has 17 heavy (non-hydrogen) atoms. The summed E-state index contributed by atoms with van der Waals surface area (Å²) in [6, 6.07) is 8.00. The van der Waals surface area contributed by atoms with Crippen molar-refractivity contribution in [1.29, 1.82) is 0 Å².